The third-order valence-corrected chi connectivity index (χ3v) is 2.00. The van der Waals surface area contributed by atoms with Gasteiger partial charge in [0.15, 0.2) is 0 Å². The summed E-state index contributed by atoms with van der Waals surface area (Å²) < 4.78 is 6.91. The highest BCUT2D eigenvalue weighted by Gasteiger charge is 2.18. The van der Waals surface area contributed by atoms with E-state index in [1.165, 1.54) is 0 Å². The van der Waals surface area contributed by atoms with Crippen LogP contribution in [0.2, 0.25) is 0 Å². The summed E-state index contributed by atoms with van der Waals surface area (Å²) in [5, 5.41) is 10.9. The Morgan fingerprint density at radius 3 is 3.08 bits per heavy atom. The van der Waals surface area contributed by atoms with Crippen LogP contribution in [0.1, 0.15) is 18.9 Å². The van der Waals surface area contributed by atoms with Crippen LogP contribution in [0.3, 0.4) is 0 Å². The van der Waals surface area contributed by atoms with E-state index in [0.29, 0.717) is 12.6 Å². The number of ether oxygens (including phenoxy) is 1. The number of nitrogens with two attached hydrogens (primary N) is 1. The number of hydrogen-bond donors (Lipinski definition) is 1. The van der Waals surface area contributed by atoms with E-state index in [0.717, 1.165) is 19.4 Å². The van der Waals surface area contributed by atoms with Crippen molar-refractivity contribution in [2.24, 2.45) is 0 Å². The highest BCUT2D eigenvalue weighted by Crippen LogP contribution is 2.19. The van der Waals surface area contributed by atoms with Crippen molar-refractivity contribution in [3.63, 3.8) is 0 Å². The van der Waals surface area contributed by atoms with E-state index in [2.05, 4.69) is 15.5 Å². The van der Waals surface area contributed by atoms with E-state index in [4.69, 9.17) is 10.5 Å². The van der Waals surface area contributed by atoms with Gasteiger partial charge in [0.05, 0.1) is 12.6 Å². The lowest BCUT2D eigenvalue weighted by Gasteiger charge is -2.21. The van der Waals surface area contributed by atoms with Crippen molar-refractivity contribution in [3.05, 3.63) is 0 Å². The summed E-state index contributed by atoms with van der Waals surface area (Å²) in [5.41, 5.74) is 5.54. The third kappa shape index (κ3) is 1.25. The number of rotatable bonds is 1. The number of anilines is 1. The highest BCUT2D eigenvalue weighted by atomic mass is 16.5. The molecule has 0 spiro atoms. The van der Waals surface area contributed by atoms with Gasteiger partial charge >= 0.3 is 0 Å². The highest BCUT2D eigenvalue weighted by molar-refractivity contribution is 5.11. The van der Waals surface area contributed by atoms with E-state index < -0.39 is 0 Å². The molecule has 1 saturated heterocycles. The molecule has 1 aliphatic heterocycles. The topological polar surface area (TPSA) is 78.9 Å². The van der Waals surface area contributed by atoms with E-state index >= 15 is 0 Å². The molecule has 0 aliphatic carbocycles. The van der Waals surface area contributed by atoms with Gasteiger partial charge in [-0.3, -0.25) is 0 Å². The maximum Gasteiger partial charge on any atom is 0.240 e. The van der Waals surface area contributed by atoms with Crippen LogP contribution >= 0.6 is 0 Å². The van der Waals surface area contributed by atoms with E-state index in [-0.39, 0.29) is 6.04 Å². The maximum absolute atomic E-state index is 5.54. The second-order valence-electron chi connectivity index (χ2n) is 2.85. The Labute approximate surface area is 69.7 Å². The molecule has 66 valence electrons. The van der Waals surface area contributed by atoms with Gasteiger partial charge in [-0.1, -0.05) is 5.10 Å². The first-order valence-corrected chi connectivity index (χ1v) is 3.99. The molecule has 1 atom stereocenters. The summed E-state index contributed by atoms with van der Waals surface area (Å²) >= 11 is 0. The fraction of sp³-hybridized carbons (Fsp3) is 0.833. The predicted molar refractivity (Wildman–Crippen MR) is 41.3 cm³/mol. The molecule has 2 N–H and O–H groups in total. The van der Waals surface area contributed by atoms with Crippen LogP contribution in [0.5, 0.6) is 0 Å². The SMILES string of the molecule is Nc1nnnn1C1CCCOC1. The molecule has 1 fully saturated rings. The summed E-state index contributed by atoms with van der Waals surface area (Å²) in [6.07, 6.45) is 2.08. The van der Waals surface area contributed by atoms with Gasteiger partial charge in [-0.25, -0.2) is 4.68 Å². The molecule has 1 unspecified atom stereocenters. The van der Waals surface area contributed by atoms with Gasteiger partial charge in [-0.05, 0) is 23.3 Å². The third-order valence-electron chi connectivity index (χ3n) is 2.00. The largest absolute Gasteiger partial charge is 0.379 e. The summed E-state index contributed by atoms with van der Waals surface area (Å²) in [5.74, 6) is 0.366. The van der Waals surface area contributed by atoms with E-state index in [1.54, 1.807) is 4.68 Å². The summed E-state index contributed by atoms with van der Waals surface area (Å²) in [6.45, 7) is 1.49. The van der Waals surface area contributed by atoms with Gasteiger partial charge in [0.25, 0.3) is 0 Å². The fourth-order valence-corrected chi connectivity index (χ4v) is 1.38. The zero-order valence-electron chi connectivity index (χ0n) is 6.68. The van der Waals surface area contributed by atoms with Crippen molar-refractivity contribution in [1.29, 1.82) is 0 Å². The van der Waals surface area contributed by atoms with Crippen LogP contribution in [0, 0.1) is 0 Å². The van der Waals surface area contributed by atoms with Gasteiger partial charge in [0.2, 0.25) is 5.95 Å². The van der Waals surface area contributed by atoms with Gasteiger partial charge < -0.3 is 10.5 Å². The standard InChI is InChI=1S/C6H11N5O/c7-6-8-9-10-11(6)5-2-1-3-12-4-5/h5H,1-4H2,(H2,7,8,10). The lowest BCUT2D eigenvalue weighted by atomic mass is 10.1. The predicted octanol–water partition coefficient (Wildman–Crippen LogP) is -0.393. The molecule has 1 aromatic rings. The van der Waals surface area contributed by atoms with Crippen molar-refractivity contribution in [1.82, 2.24) is 20.2 Å². The van der Waals surface area contributed by atoms with Gasteiger partial charge in [-0.15, -0.1) is 0 Å². The molecule has 12 heavy (non-hydrogen) atoms. The van der Waals surface area contributed by atoms with Crippen LogP contribution in [-0.4, -0.2) is 33.4 Å². The Morgan fingerprint density at radius 2 is 2.50 bits per heavy atom. The first-order chi connectivity index (χ1) is 5.88. The van der Waals surface area contributed by atoms with Crippen molar-refractivity contribution in [2.45, 2.75) is 18.9 Å². The van der Waals surface area contributed by atoms with Gasteiger partial charge in [-0.2, -0.15) is 0 Å². The van der Waals surface area contributed by atoms with Crippen LogP contribution in [0.4, 0.5) is 5.95 Å². The Kier molecular flexibility index (Phi) is 1.91. The summed E-state index contributed by atoms with van der Waals surface area (Å²) in [4.78, 5) is 0. The fourth-order valence-electron chi connectivity index (χ4n) is 1.38. The lowest BCUT2D eigenvalue weighted by molar-refractivity contribution is 0.0550. The van der Waals surface area contributed by atoms with Crippen molar-refractivity contribution in [2.75, 3.05) is 18.9 Å². The van der Waals surface area contributed by atoms with Crippen LogP contribution in [0.25, 0.3) is 0 Å². The summed E-state index contributed by atoms with van der Waals surface area (Å²) in [7, 11) is 0. The molecule has 0 radical (unpaired) electrons. The van der Waals surface area contributed by atoms with E-state index in [9.17, 15) is 0 Å². The zero-order valence-corrected chi connectivity index (χ0v) is 6.68. The molecular weight excluding hydrogens is 158 g/mol. The number of hydrogen-bond acceptors (Lipinski definition) is 5. The van der Waals surface area contributed by atoms with Crippen molar-refractivity contribution in [3.8, 4) is 0 Å². The smallest absolute Gasteiger partial charge is 0.240 e. The Hall–Kier alpha value is -1.17. The average molecular weight is 169 g/mol. The van der Waals surface area contributed by atoms with Crippen LogP contribution < -0.4 is 5.73 Å². The molecule has 0 aromatic carbocycles. The Bertz CT molecular complexity index is 254. The molecule has 6 nitrogen and oxygen atoms in total. The quantitative estimate of drug-likeness (QED) is 0.619. The normalized spacial score (nSPS) is 24.2. The van der Waals surface area contributed by atoms with Crippen molar-refractivity contribution < 1.29 is 4.74 Å². The Balaban J connectivity index is 2.13. The average Bonchev–Trinajstić information content (AvgIpc) is 2.53. The second kappa shape index (κ2) is 3.06. The minimum Gasteiger partial charge on any atom is -0.379 e. The van der Waals surface area contributed by atoms with E-state index in [1.807, 2.05) is 0 Å². The first kappa shape index (κ1) is 7.48. The maximum atomic E-state index is 5.54. The molecule has 6 heteroatoms. The van der Waals surface area contributed by atoms with Crippen LogP contribution in [-0.2, 0) is 4.74 Å². The molecule has 0 saturated carbocycles. The number of nitrogens with zero attached hydrogens (tertiary/aromatic N) is 4. The second-order valence-corrected chi connectivity index (χ2v) is 2.85. The molecule has 1 aliphatic rings. The minimum atomic E-state index is 0.216. The molecule has 0 amide bonds. The molecule has 0 bridgehead atoms. The number of nitrogen functional groups attached to an aromatic ring is 1. The summed E-state index contributed by atoms with van der Waals surface area (Å²) in [6, 6.07) is 0.216. The molecule has 1 aromatic heterocycles. The molecular formula is C6H11N5O. The zero-order chi connectivity index (χ0) is 8.39. The lowest BCUT2D eigenvalue weighted by Crippen LogP contribution is -2.23. The number of tetrazole rings is 1. The van der Waals surface area contributed by atoms with Gasteiger partial charge in [0.1, 0.15) is 0 Å². The van der Waals surface area contributed by atoms with Crippen molar-refractivity contribution >= 4 is 5.95 Å². The Morgan fingerprint density at radius 1 is 1.58 bits per heavy atom. The minimum absolute atomic E-state index is 0.216. The first-order valence-electron chi connectivity index (χ1n) is 3.99. The molecule has 2 rings (SSSR count). The molecule has 2 heterocycles. The van der Waals surface area contributed by atoms with Crippen LogP contribution in [0.15, 0.2) is 0 Å². The monoisotopic (exact) mass is 169 g/mol. The number of aromatic nitrogens is 4. The van der Waals surface area contributed by atoms with Gasteiger partial charge in [0, 0.05) is 6.61 Å².